The number of nitrogens with zero attached hydrogens (tertiary/aromatic N) is 1. The molecule has 2 heterocycles. The van der Waals surface area contributed by atoms with Gasteiger partial charge in [-0.2, -0.15) is 0 Å². The number of nitrogen functional groups attached to an aromatic ring is 1. The fraction of sp³-hybridized carbons (Fsp3) is 0. The lowest BCUT2D eigenvalue weighted by molar-refractivity contribution is -0.383. The van der Waals surface area contributed by atoms with Crippen LogP contribution in [0.15, 0.2) is 60.9 Å². The molecule has 2 aromatic heterocycles. The third-order valence-corrected chi connectivity index (χ3v) is 3.40. The number of non-ortho nitro benzene ring substituents is 1. The number of benzene rings is 2. The SMILES string of the molecule is Nc1cccc2[nH]ccc12.O=[N+]([O-])c1cccc2[nH]ccc12. The minimum absolute atomic E-state index is 0.147. The quantitative estimate of drug-likeness (QED) is 0.282. The smallest absolute Gasteiger partial charge is 0.278 e. The van der Waals surface area contributed by atoms with Crippen LogP contribution in [0.2, 0.25) is 0 Å². The van der Waals surface area contributed by atoms with Gasteiger partial charge in [0.1, 0.15) is 0 Å². The Bertz CT molecular complexity index is 939. The van der Waals surface area contributed by atoms with Gasteiger partial charge in [0.15, 0.2) is 0 Å². The van der Waals surface area contributed by atoms with Crippen LogP contribution in [0.3, 0.4) is 0 Å². The minimum Gasteiger partial charge on any atom is -0.398 e. The fourth-order valence-electron chi connectivity index (χ4n) is 2.34. The summed E-state index contributed by atoms with van der Waals surface area (Å²) in [5.74, 6) is 0. The lowest BCUT2D eigenvalue weighted by Gasteiger charge is -1.92. The summed E-state index contributed by atoms with van der Waals surface area (Å²) in [6.07, 6.45) is 3.58. The van der Waals surface area contributed by atoms with Crippen LogP contribution < -0.4 is 5.73 Å². The van der Waals surface area contributed by atoms with E-state index in [2.05, 4.69) is 9.97 Å². The molecule has 0 aliphatic rings. The second-order valence-corrected chi connectivity index (χ2v) is 4.76. The van der Waals surface area contributed by atoms with E-state index in [4.69, 9.17) is 5.73 Å². The zero-order chi connectivity index (χ0) is 15.5. The Balaban J connectivity index is 0.000000133. The van der Waals surface area contributed by atoms with Gasteiger partial charge in [0.05, 0.1) is 15.8 Å². The first kappa shape index (κ1) is 13.7. The van der Waals surface area contributed by atoms with E-state index < -0.39 is 0 Å². The molecule has 0 saturated carbocycles. The van der Waals surface area contributed by atoms with Gasteiger partial charge in [-0.25, -0.2) is 0 Å². The number of anilines is 1. The van der Waals surface area contributed by atoms with Gasteiger partial charge >= 0.3 is 0 Å². The Morgan fingerprint density at radius 1 is 0.864 bits per heavy atom. The van der Waals surface area contributed by atoms with Crippen LogP contribution in [0.25, 0.3) is 21.8 Å². The number of hydrogen-bond donors (Lipinski definition) is 3. The molecular weight excluding hydrogens is 280 g/mol. The molecule has 0 atom stereocenters. The summed E-state index contributed by atoms with van der Waals surface area (Å²) in [6, 6.07) is 14.5. The van der Waals surface area contributed by atoms with Gasteiger partial charge in [0.25, 0.3) is 5.69 Å². The third kappa shape index (κ3) is 2.49. The number of H-pyrrole nitrogens is 2. The van der Waals surface area contributed by atoms with E-state index >= 15 is 0 Å². The first-order valence-electron chi connectivity index (χ1n) is 6.69. The van der Waals surface area contributed by atoms with Gasteiger partial charge in [-0.15, -0.1) is 0 Å². The molecule has 22 heavy (non-hydrogen) atoms. The molecule has 2 aromatic carbocycles. The normalized spacial score (nSPS) is 10.4. The number of nitrogens with two attached hydrogens (primary N) is 1. The van der Waals surface area contributed by atoms with Crippen molar-refractivity contribution in [3.8, 4) is 0 Å². The van der Waals surface area contributed by atoms with E-state index in [0.717, 1.165) is 22.1 Å². The molecule has 0 aliphatic carbocycles. The van der Waals surface area contributed by atoms with Gasteiger partial charge in [-0.05, 0) is 30.3 Å². The maximum atomic E-state index is 10.5. The van der Waals surface area contributed by atoms with Gasteiger partial charge in [0, 0.05) is 35.1 Å². The van der Waals surface area contributed by atoms with Crippen LogP contribution in [0, 0.1) is 10.1 Å². The average molecular weight is 294 g/mol. The van der Waals surface area contributed by atoms with Gasteiger partial charge in [-0.3, -0.25) is 10.1 Å². The highest BCUT2D eigenvalue weighted by Gasteiger charge is 2.10. The Kier molecular flexibility index (Phi) is 3.49. The van der Waals surface area contributed by atoms with Crippen LogP contribution in [-0.2, 0) is 0 Å². The number of aromatic amines is 2. The average Bonchev–Trinajstić information content (AvgIpc) is 3.16. The van der Waals surface area contributed by atoms with E-state index in [1.807, 2.05) is 36.5 Å². The molecule has 110 valence electrons. The zero-order valence-electron chi connectivity index (χ0n) is 11.6. The molecule has 6 heteroatoms. The molecule has 4 N–H and O–H groups in total. The number of nitro benzene ring substituents is 1. The largest absolute Gasteiger partial charge is 0.398 e. The second kappa shape index (κ2) is 5.61. The molecular formula is C16H14N4O2. The summed E-state index contributed by atoms with van der Waals surface area (Å²) in [4.78, 5) is 16.1. The highest BCUT2D eigenvalue weighted by atomic mass is 16.6. The van der Waals surface area contributed by atoms with Gasteiger partial charge in [0.2, 0.25) is 0 Å². The molecule has 0 aliphatic heterocycles. The van der Waals surface area contributed by atoms with Gasteiger partial charge in [-0.1, -0.05) is 12.1 Å². The van der Waals surface area contributed by atoms with Crippen LogP contribution in [0.4, 0.5) is 11.4 Å². The standard InChI is InChI=1S/C8H6N2O2.C8H8N2/c11-10(12)8-3-1-2-7-6(8)4-5-9-7;9-7-2-1-3-8-6(7)4-5-10-8/h1-5,9H;1-5,10H,9H2. The molecule has 4 aromatic rings. The molecule has 0 bridgehead atoms. The summed E-state index contributed by atoms with van der Waals surface area (Å²) in [5, 5.41) is 12.3. The molecule has 4 rings (SSSR count). The van der Waals surface area contributed by atoms with Crippen molar-refractivity contribution in [3.63, 3.8) is 0 Å². The Morgan fingerprint density at radius 2 is 1.45 bits per heavy atom. The fourth-order valence-corrected chi connectivity index (χ4v) is 2.34. The number of fused-ring (bicyclic) bond motifs is 2. The maximum Gasteiger partial charge on any atom is 0.278 e. The van der Waals surface area contributed by atoms with Crippen molar-refractivity contribution in [2.75, 3.05) is 5.73 Å². The monoisotopic (exact) mass is 294 g/mol. The predicted molar refractivity (Wildman–Crippen MR) is 87.7 cm³/mol. The Hall–Kier alpha value is -3.28. The third-order valence-electron chi connectivity index (χ3n) is 3.40. The second-order valence-electron chi connectivity index (χ2n) is 4.76. The van der Waals surface area contributed by atoms with Crippen molar-refractivity contribution in [3.05, 3.63) is 71.0 Å². The van der Waals surface area contributed by atoms with E-state index in [0.29, 0.717) is 5.39 Å². The Labute approximate surface area is 125 Å². The van der Waals surface area contributed by atoms with E-state index in [9.17, 15) is 10.1 Å². The van der Waals surface area contributed by atoms with Crippen molar-refractivity contribution in [2.24, 2.45) is 0 Å². The number of nitro groups is 1. The van der Waals surface area contributed by atoms with E-state index in [1.165, 1.54) is 6.07 Å². The number of hydrogen-bond acceptors (Lipinski definition) is 3. The van der Waals surface area contributed by atoms with Crippen molar-refractivity contribution in [1.82, 2.24) is 9.97 Å². The molecule has 0 amide bonds. The highest BCUT2D eigenvalue weighted by Crippen LogP contribution is 2.23. The van der Waals surface area contributed by atoms with Crippen molar-refractivity contribution >= 4 is 33.2 Å². The topological polar surface area (TPSA) is 101 Å². The lowest BCUT2D eigenvalue weighted by Crippen LogP contribution is -1.87. The van der Waals surface area contributed by atoms with Crippen LogP contribution >= 0.6 is 0 Å². The van der Waals surface area contributed by atoms with Crippen molar-refractivity contribution in [2.45, 2.75) is 0 Å². The molecule has 0 saturated heterocycles. The molecule has 0 spiro atoms. The van der Waals surface area contributed by atoms with Crippen LogP contribution in [0.1, 0.15) is 0 Å². The predicted octanol–water partition coefficient (Wildman–Crippen LogP) is 3.83. The number of nitrogens with one attached hydrogen (secondary N) is 2. The first-order valence-corrected chi connectivity index (χ1v) is 6.69. The number of rotatable bonds is 1. The van der Waals surface area contributed by atoms with Crippen molar-refractivity contribution in [1.29, 1.82) is 0 Å². The van der Waals surface area contributed by atoms with E-state index in [-0.39, 0.29) is 10.6 Å². The Morgan fingerprint density at radius 3 is 2.09 bits per heavy atom. The first-order chi connectivity index (χ1) is 10.7. The minimum atomic E-state index is -0.379. The lowest BCUT2D eigenvalue weighted by atomic mass is 10.2. The maximum absolute atomic E-state index is 10.5. The highest BCUT2D eigenvalue weighted by molar-refractivity contribution is 5.90. The van der Waals surface area contributed by atoms with Crippen LogP contribution in [-0.4, -0.2) is 14.9 Å². The molecule has 0 fully saturated rings. The molecule has 0 unspecified atom stereocenters. The summed E-state index contributed by atoms with van der Waals surface area (Å²) in [7, 11) is 0. The summed E-state index contributed by atoms with van der Waals surface area (Å²) < 4.78 is 0. The summed E-state index contributed by atoms with van der Waals surface area (Å²) >= 11 is 0. The summed E-state index contributed by atoms with van der Waals surface area (Å²) in [5.41, 5.74) is 8.55. The van der Waals surface area contributed by atoms with E-state index in [1.54, 1.807) is 18.3 Å². The van der Waals surface area contributed by atoms with Crippen LogP contribution in [0.5, 0.6) is 0 Å². The van der Waals surface area contributed by atoms with Crippen molar-refractivity contribution < 1.29 is 4.92 Å². The van der Waals surface area contributed by atoms with Gasteiger partial charge < -0.3 is 15.7 Å². The molecule has 6 nitrogen and oxygen atoms in total. The number of aromatic nitrogens is 2. The zero-order valence-corrected chi connectivity index (χ0v) is 11.6. The summed E-state index contributed by atoms with van der Waals surface area (Å²) in [6.45, 7) is 0. The molecule has 0 radical (unpaired) electrons.